The van der Waals surface area contributed by atoms with Crippen molar-refractivity contribution in [1.29, 1.82) is 0 Å². The predicted octanol–water partition coefficient (Wildman–Crippen LogP) is 12.3. The van der Waals surface area contributed by atoms with Gasteiger partial charge in [0, 0.05) is 25.7 Å². The molecule has 2 rings (SSSR count). The van der Waals surface area contributed by atoms with E-state index in [1.54, 1.807) is 47.1 Å². The Hall–Kier alpha value is 2.30. The van der Waals surface area contributed by atoms with Crippen LogP contribution in [0.1, 0.15) is 345 Å². The first-order valence-corrected chi connectivity index (χ1v) is 30.3. The van der Waals surface area contributed by atoms with E-state index in [-0.39, 0.29) is 213 Å². The smallest absolute Gasteiger partial charge is 1.00 e. The SMILES string of the molecule is C=CCCC.C=CCCC.CC.CC.CC.CC.CC(C)(C)[O-].CC(C)(C)[O-].CC1=CCC(C)CC1.CC1CCC(=O)CC1.CC=CC.CC=CC.CC=O.CC=O.CCC.CCC=O.CCCCC.CCCCC=O.[H-].[H-].[H-].[H-].[H-].[H-].[K+].[K+].[Mg+2].[Mg+2].[Mg+2].[OH-].[OH-].[OH-].[OH3+].[OH3+].[OH3+]. The van der Waals surface area contributed by atoms with Gasteiger partial charge in [-0.05, 0) is 112 Å². The molecule has 1 atom stereocenters. The Morgan fingerprint density at radius 1 is 0.494 bits per heavy atom. The number of hydrogen-bond acceptors (Lipinski definition) is 10. The largest absolute Gasteiger partial charge is 2.00 e. The Kier molecular flexibility index (Phi) is 438. The average Bonchev–Trinajstić information content (AvgIpc) is 3.39. The summed E-state index contributed by atoms with van der Waals surface area (Å²) in [5.74, 6) is 2.20. The van der Waals surface area contributed by atoms with Crippen LogP contribution in [0, 0.1) is 11.8 Å². The van der Waals surface area contributed by atoms with Gasteiger partial charge in [-0.15, -0.1) is 24.4 Å². The summed E-state index contributed by atoms with van der Waals surface area (Å²) >= 11 is 0. The quantitative estimate of drug-likeness (QED) is 0.0654. The molecule has 18 heteroatoms. The van der Waals surface area contributed by atoms with E-state index in [1.807, 2.05) is 126 Å². The zero-order valence-electron chi connectivity index (χ0n) is 71.4. The predicted molar refractivity (Wildman–Crippen MR) is 396 cm³/mol. The standard InChI is InChI=1S/C8H14.C7H12O.C5H10O.C5H12.2C5H10.2C4H9O.2C4H8.C3H6O.C3H8.2C2H4O.4C2H6.2K.3Mg.6H2O.6H/c1-7-3-5-8(2)6-4-7;1-6-2-4-7(8)5-3-6;1-2-3-4-5-6;3*1-3-5-4-2;2*1-4(2,3)5;2*1-3-4-2;1-2-3-4;1-3-2;2*1-2-3;4*1-2;;;;;;;;;;;;;;;;;/h3,8H,4-6H2,1-2H3;6H,2-5H2,1H3;5H,2-4H2,1H3;3-5H2,1-2H3;2*3H,1,4-5H2,2H3;2*1-3H3;2*3-4H,1-2H3;3H,2H2,1H3;3H2,1-2H3;2*2H,1H3;4*1-2H3;;;;;;6*1H2;;;;;;/q;;;;;;2*-1;;;;;;;;;;;2*+1;3*+2;;;;;;;6*-1. The molecule has 0 bridgehead atoms. The van der Waals surface area contributed by atoms with Gasteiger partial charge in [-0.2, -0.15) is 0 Å². The van der Waals surface area contributed by atoms with E-state index in [1.165, 1.54) is 71.6 Å². The van der Waals surface area contributed by atoms with Crippen molar-refractivity contribution in [2.24, 2.45) is 11.8 Å². The molecule has 0 heterocycles. The van der Waals surface area contributed by atoms with Crippen molar-refractivity contribution in [1.82, 2.24) is 0 Å². The molecule has 0 amide bonds. The molecular weight excluding hydrogens is 1190 g/mol. The number of hydrogen-bond donors (Lipinski definition) is 0. The van der Waals surface area contributed by atoms with Crippen molar-refractivity contribution in [3.63, 3.8) is 0 Å². The molecule has 1 unspecified atom stereocenters. The average molecular weight is 1360 g/mol. The van der Waals surface area contributed by atoms with E-state index in [0.717, 1.165) is 94.8 Å². The number of ketones is 1. The molecular formula is C69H166K2Mg3O13. The summed E-state index contributed by atoms with van der Waals surface area (Å²) in [6.07, 6.45) is 39.2. The summed E-state index contributed by atoms with van der Waals surface area (Å²) in [5.41, 5.74) is 0.0862. The molecule has 0 aromatic rings. The van der Waals surface area contributed by atoms with Gasteiger partial charge in [0.15, 0.2) is 0 Å². The van der Waals surface area contributed by atoms with Crippen LogP contribution in [0.5, 0.6) is 0 Å². The minimum atomic E-state index is -0.750. The van der Waals surface area contributed by atoms with Crippen LogP contribution >= 0.6 is 0 Å². The second-order valence-electron chi connectivity index (χ2n) is 17.8. The van der Waals surface area contributed by atoms with Crippen LogP contribution in [-0.2, 0) is 40.4 Å². The van der Waals surface area contributed by atoms with E-state index in [9.17, 15) is 24.6 Å². The molecule has 0 spiro atoms. The summed E-state index contributed by atoms with van der Waals surface area (Å²) in [5, 5.41) is 20.2. The van der Waals surface area contributed by atoms with Gasteiger partial charge in [-0.3, -0.25) is 4.79 Å². The summed E-state index contributed by atoms with van der Waals surface area (Å²) < 4.78 is 0. The van der Waals surface area contributed by atoms with Gasteiger partial charge < -0.3 is 70.8 Å². The summed E-state index contributed by atoms with van der Waals surface area (Å²) in [4.78, 5) is 47.0. The topological polar surface area (TPSA) is 320 Å². The van der Waals surface area contributed by atoms with Crippen LogP contribution < -0.4 is 113 Å². The molecule has 0 aliphatic heterocycles. The molecule has 2 aliphatic carbocycles. The zero-order chi connectivity index (χ0) is 64.5. The fraction of sp³-hybridized carbons (Fsp3) is 0.783. The monoisotopic (exact) mass is 1350 g/mol. The van der Waals surface area contributed by atoms with Crippen LogP contribution in [0.2, 0.25) is 0 Å². The van der Waals surface area contributed by atoms with Gasteiger partial charge in [-0.1, -0.05) is 259 Å². The van der Waals surface area contributed by atoms with Crippen molar-refractivity contribution in [3.8, 4) is 0 Å². The minimum absolute atomic E-state index is 0. The normalized spacial score (nSPS) is 10.1. The van der Waals surface area contributed by atoms with Gasteiger partial charge >= 0.3 is 172 Å². The third-order valence-corrected chi connectivity index (χ3v) is 6.93. The first-order valence-electron chi connectivity index (χ1n) is 30.3. The van der Waals surface area contributed by atoms with Crippen molar-refractivity contribution >= 4 is 100 Å². The first-order chi connectivity index (χ1) is 35.7. The van der Waals surface area contributed by atoms with Gasteiger partial charge in [0.1, 0.15) is 30.9 Å². The van der Waals surface area contributed by atoms with E-state index < -0.39 is 11.2 Å². The molecule has 0 aromatic heterocycles. The third kappa shape index (κ3) is 559. The van der Waals surface area contributed by atoms with Crippen LogP contribution in [0.25, 0.3) is 0 Å². The van der Waals surface area contributed by atoms with E-state index in [2.05, 4.69) is 88.5 Å². The van der Waals surface area contributed by atoms with E-state index in [4.69, 9.17) is 9.59 Å². The molecule has 0 radical (unpaired) electrons. The number of rotatable bonds is 10. The van der Waals surface area contributed by atoms with Crippen LogP contribution in [-0.4, -0.2) is 128 Å². The van der Waals surface area contributed by atoms with E-state index in [0.29, 0.717) is 12.2 Å². The molecule has 1 fully saturated rings. The van der Waals surface area contributed by atoms with E-state index >= 15 is 0 Å². The van der Waals surface area contributed by atoms with Gasteiger partial charge in [0.05, 0.1) is 0 Å². The number of aldehydes is 4. The molecule has 1 saturated carbocycles. The number of carbonyl (C=O) groups excluding carboxylic acids is 5. The van der Waals surface area contributed by atoms with Crippen molar-refractivity contribution in [2.45, 2.75) is 348 Å². The van der Waals surface area contributed by atoms with Gasteiger partial charge in [-0.25, -0.2) is 0 Å². The summed E-state index contributed by atoms with van der Waals surface area (Å²) in [6, 6.07) is 0. The van der Waals surface area contributed by atoms with Gasteiger partial charge in [0.2, 0.25) is 0 Å². The Morgan fingerprint density at radius 2 is 0.713 bits per heavy atom. The second-order valence-corrected chi connectivity index (χ2v) is 17.8. The minimum Gasteiger partial charge on any atom is -1.00 e. The summed E-state index contributed by atoms with van der Waals surface area (Å²) in [7, 11) is 0. The Labute approximate surface area is 690 Å². The van der Waals surface area contributed by atoms with Crippen LogP contribution in [0.4, 0.5) is 0 Å². The van der Waals surface area contributed by atoms with Crippen molar-refractivity contribution < 1.29 is 178 Å². The Balaban J connectivity index is -0.0000000133. The fourth-order valence-corrected chi connectivity index (χ4v) is 3.23. The molecule has 0 saturated heterocycles. The van der Waals surface area contributed by atoms with Crippen molar-refractivity contribution in [2.75, 3.05) is 0 Å². The maximum atomic E-state index is 10.6. The fourth-order valence-electron chi connectivity index (χ4n) is 3.23. The molecule has 87 heavy (non-hydrogen) atoms. The maximum absolute atomic E-state index is 10.6. The maximum Gasteiger partial charge on any atom is 2.00 e. The van der Waals surface area contributed by atoms with Gasteiger partial charge in [0.25, 0.3) is 0 Å². The number of Topliss-reactive ketones (excluding diaryl/α,β-unsaturated/α-hetero) is 1. The zero-order valence-corrected chi connectivity index (χ0v) is 75.9. The summed E-state index contributed by atoms with van der Waals surface area (Å²) in [6.45, 7) is 67.4. The van der Waals surface area contributed by atoms with Crippen LogP contribution in [0.3, 0.4) is 0 Å². The Morgan fingerprint density at radius 3 is 0.793 bits per heavy atom. The number of allylic oxidation sites excluding steroid dienone is 8. The first kappa shape index (κ1) is 179. The third-order valence-electron chi connectivity index (χ3n) is 6.93. The van der Waals surface area contributed by atoms with Crippen LogP contribution in [0.15, 0.2) is 61.3 Å². The Bertz CT molecular complexity index is 993. The molecule has 13 nitrogen and oxygen atoms in total. The van der Waals surface area contributed by atoms with Crippen molar-refractivity contribution in [3.05, 3.63) is 61.3 Å². The molecule has 12 N–H and O–H groups in total. The molecule has 528 valence electrons. The molecule has 2 aliphatic rings. The number of carbonyl (C=O) groups is 5. The molecule has 0 aromatic carbocycles. The second kappa shape index (κ2) is 212. The number of unbranched alkanes of at least 4 members (excludes halogenated alkanes) is 6.